The summed E-state index contributed by atoms with van der Waals surface area (Å²) < 4.78 is 4.87. The van der Waals surface area contributed by atoms with Crippen molar-refractivity contribution >= 4 is 85.8 Å². The van der Waals surface area contributed by atoms with Crippen molar-refractivity contribution < 1.29 is 0 Å². The number of nitrogens with zero attached hydrogens (tertiary/aromatic N) is 3. The molecular formula is C40H23N3S. The molecule has 10 aromatic rings. The molecule has 10 rings (SSSR count). The summed E-state index contributed by atoms with van der Waals surface area (Å²) >= 11 is 1.87. The lowest BCUT2D eigenvalue weighted by Gasteiger charge is -2.12. The van der Waals surface area contributed by atoms with Gasteiger partial charge >= 0.3 is 0 Å². The van der Waals surface area contributed by atoms with Crippen molar-refractivity contribution in [2.75, 3.05) is 0 Å². The Bertz CT molecular complexity index is 2770. The number of benzene rings is 7. The van der Waals surface area contributed by atoms with Crippen LogP contribution in [0.4, 0.5) is 0 Å². The summed E-state index contributed by atoms with van der Waals surface area (Å²) in [6.07, 6.45) is 0. The smallest absolute Gasteiger partial charge is 0.235 e. The largest absolute Gasteiger partial charge is 0.276 e. The van der Waals surface area contributed by atoms with Crippen LogP contribution in [0.3, 0.4) is 0 Å². The molecule has 3 heterocycles. The van der Waals surface area contributed by atoms with Gasteiger partial charge in [-0.15, -0.1) is 11.3 Å². The number of aromatic nitrogens is 3. The Morgan fingerprint density at radius 3 is 1.98 bits per heavy atom. The molecule has 0 atom stereocenters. The Balaban J connectivity index is 1.47. The quantitative estimate of drug-likeness (QED) is 0.205. The zero-order valence-electron chi connectivity index (χ0n) is 23.5. The molecule has 7 aromatic carbocycles. The zero-order valence-corrected chi connectivity index (χ0v) is 24.3. The van der Waals surface area contributed by atoms with E-state index in [1.54, 1.807) is 0 Å². The second-order valence-electron chi connectivity index (χ2n) is 11.3. The molecule has 0 radical (unpaired) electrons. The van der Waals surface area contributed by atoms with Crippen LogP contribution in [0.15, 0.2) is 140 Å². The number of hydrogen-bond acceptors (Lipinski definition) is 3. The fourth-order valence-corrected chi connectivity index (χ4v) is 8.40. The van der Waals surface area contributed by atoms with Gasteiger partial charge in [0, 0.05) is 37.2 Å². The van der Waals surface area contributed by atoms with Gasteiger partial charge in [0.2, 0.25) is 5.95 Å². The first kappa shape index (κ1) is 23.9. The molecule has 0 bridgehead atoms. The number of fused-ring (bicyclic) bond motifs is 13. The van der Waals surface area contributed by atoms with Gasteiger partial charge in [-0.1, -0.05) is 121 Å². The van der Waals surface area contributed by atoms with E-state index < -0.39 is 0 Å². The predicted octanol–water partition coefficient (Wildman–Crippen LogP) is 11.1. The Labute approximate surface area is 256 Å². The van der Waals surface area contributed by atoms with Crippen molar-refractivity contribution in [3.63, 3.8) is 0 Å². The molecule has 0 N–H and O–H groups in total. The van der Waals surface area contributed by atoms with Crippen LogP contribution in [0.25, 0.3) is 91.6 Å². The molecule has 0 aliphatic carbocycles. The van der Waals surface area contributed by atoms with Crippen LogP contribution >= 0.6 is 11.3 Å². The lowest BCUT2D eigenvalue weighted by Crippen LogP contribution is -2.03. The highest BCUT2D eigenvalue weighted by Crippen LogP contribution is 2.49. The molecule has 0 saturated carbocycles. The summed E-state index contributed by atoms with van der Waals surface area (Å²) in [6, 6.07) is 49.7. The summed E-state index contributed by atoms with van der Waals surface area (Å²) in [5.74, 6) is 0.688. The summed E-state index contributed by atoms with van der Waals surface area (Å²) in [7, 11) is 0. The first-order chi connectivity index (χ1) is 21.8. The van der Waals surface area contributed by atoms with Gasteiger partial charge in [-0.3, -0.25) is 4.57 Å². The summed E-state index contributed by atoms with van der Waals surface area (Å²) in [6.45, 7) is 0. The molecule has 0 saturated heterocycles. The third-order valence-electron chi connectivity index (χ3n) is 8.97. The third-order valence-corrected chi connectivity index (χ3v) is 10.1. The average molecular weight is 578 g/mol. The molecule has 0 fully saturated rings. The molecule has 44 heavy (non-hydrogen) atoms. The third kappa shape index (κ3) is 3.20. The first-order valence-corrected chi connectivity index (χ1v) is 15.7. The van der Waals surface area contributed by atoms with E-state index >= 15 is 0 Å². The number of thiophene rings is 1. The molecule has 3 nitrogen and oxygen atoms in total. The fourth-order valence-electron chi connectivity index (χ4n) is 7.13. The monoisotopic (exact) mass is 577 g/mol. The van der Waals surface area contributed by atoms with E-state index in [-0.39, 0.29) is 0 Å². The predicted molar refractivity (Wildman–Crippen MR) is 187 cm³/mol. The summed E-state index contributed by atoms with van der Waals surface area (Å²) in [5.41, 5.74) is 5.23. The van der Waals surface area contributed by atoms with Gasteiger partial charge in [0.05, 0.1) is 26.9 Å². The van der Waals surface area contributed by atoms with Crippen molar-refractivity contribution in [2.24, 2.45) is 0 Å². The number of rotatable bonds is 2. The topological polar surface area (TPSA) is 30.7 Å². The normalized spacial score (nSPS) is 12.1. The molecule has 204 valence electrons. The van der Waals surface area contributed by atoms with Crippen molar-refractivity contribution in [3.05, 3.63) is 140 Å². The molecule has 4 heteroatoms. The highest BCUT2D eigenvalue weighted by molar-refractivity contribution is 7.27. The van der Waals surface area contributed by atoms with Crippen LogP contribution in [0.1, 0.15) is 0 Å². The van der Waals surface area contributed by atoms with E-state index in [2.05, 4.69) is 138 Å². The van der Waals surface area contributed by atoms with Crippen LogP contribution in [0, 0.1) is 0 Å². The molecule has 0 aliphatic rings. The number of para-hydroxylation sites is 2. The standard InChI is InChI=1S/C40H23N3S/c1-2-13-25(14-3-1)37-29-18-8-10-20-31(29)41-40(42-37)43-32-21-11-9-19-30(32)34-27-16-6-7-17-28(27)36-35-26-15-5-4-12-24(26)22-23-33(35)44-39(36)38(34)43/h1-23H. The second kappa shape index (κ2) is 8.96. The van der Waals surface area contributed by atoms with Crippen LogP contribution in [-0.2, 0) is 0 Å². The van der Waals surface area contributed by atoms with E-state index in [1.807, 2.05) is 17.4 Å². The van der Waals surface area contributed by atoms with Crippen LogP contribution < -0.4 is 0 Å². The molecular weight excluding hydrogens is 555 g/mol. The van der Waals surface area contributed by atoms with E-state index in [1.165, 1.54) is 58.0 Å². The second-order valence-corrected chi connectivity index (χ2v) is 12.4. The minimum absolute atomic E-state index is 0.688. The maximum Gasteiger partial charge on any atom is 0.235 e. The lowest BCUT2D eigenvalue weighted by molar-refractivity contribution is 1.02. The average Bonchev–Trinajstić information content (AvgIpc) is 3.66. The number of hydrogen-bond donors (Lipinski definition) is 0. The highest BCUT2D eigenvalue weighted by atomic mass is 32.1. The van der Waals surface area contributed by atoms with Gasteiger partial charge in [0.1, 0.15) is 0 Å². The maximum absolute atomic E-state index is 5.36. The Hall–Kier alpha value is -5.58. The van der Waals surface area contributed by atoms with Crippen molar-refractivity contribution in [2.45, 2.75) is 0 Å². The van der Waals surface area contributed by atoms with Gasteiger partial charge in [0.15, 0.2) is 0 Å². The van der Waals surface area contributed by atoms with Crippen molar-refractivity contribution in [1.82, 2.24) is 14.5 Å². The highest BCUT2D eigenvalue weighted by Gasteiger charge is 2.24. The molecule has 3 aromatic heterocycles. The van der Waals surface area contributed by atoms with Gasteiger partial charge in [0.25, 0.3) is 0 Å². The Kier molecular flexibility index (Phi) is 4.87. The Morgan fingerprint density at radius 1 is 0.477 bits per heavy atom. The molecule has 0 aliphatic heterocycles. The lowest BCUT2D eigenvalue weighted by atomic mass is 9.97. The molecule has 0 amide bonds. The summed E-state index contributed by atoms with van der Waals surface area (Å²) in [4.78, 5) is 10.6. The van der Waals surface area contributed by atoms with E-state index in [0.29, 0.717) is 5.95 Å². The van der Waals surface area contributed by atoms with Crippen molar-refractivity contribution in [1.29, 1.82) is 0 Å². The van der Waals surface area contributed by atoms with Gasteiger partial charge in [-0.05, 0) is 39.7 Å². The van der Waals surface area contributed by atoms with Crippen LogP contribution in [-0.4, -0.2) is 14.5 Å². The first-order valence-electron chi connectivity index (χ1n) is 14.9. The minimum Gasteiger partial charge on any atom is -0.276 e. The van der Waals surface area contributed by atoms with Gasteiger partial charge < -0.3 is 0 Å². The Morgan fingerprint density at radius 2 is 1.14 bits per heavy atom. The van der Waals surface area contributed by atoms with E-state index in [4.69, 9.17) is 9.97 Å². The zero-order chi connectivity index (χ0) is 28.8. The van der Waals surface area contributed by atoms with Gasteiger partial charge in [-0.2, -0.15) is 0 Å². The molecule has 0 spiro atoms. The van der Waals surface area contributed by atoms with E-state index in [9.17, 15) is 0 Å². The SMILES string of the molecule is c1ccc(-c2nc(-n3c4ccccc4c4c5ccccc5c5c(sc6ccc7ccccc7c65)c43)nc3ccccc23)cc1. The fraction of sp³-hybridized carbons (Fsp3) is 0. The molecule has 0 unspecified atom stereocenters. The summed E-state index contributed by atoms with van der Waals surface area (Å²) in [5, 5.41) is 11.2. The van der Waals surface area contributed by atoms with E-state index in [0.717, 1.165) is 27.7 Å². The van der Waals surface area contributed by atoms with Gasteiger partial charge in [-0.25, -0.2) is 9.97 Å². The van der Waals surface area contributed by atoms with Crippen LogP contribution in [0.2, 0.25) is 0 Å². The minimum atomic E-state index is 0.688. The maximum atomic E-state index is 5.36. The van der Waals surface area contributed by atoms with Crippen LogP contribution in [0.5, 0.6) is 0 Å². The van der Waals surface area contributed by atoms with Crippen molar-refractivity contribution in [3.8, 4) is 17.2 Å².